The molecule has 1 aromatic heterocycles. The van der Waals surface area contributed by atoms with Crippen molar-refractivity contribution in [3.63, 3.8) is 0 Å². The van der Waals surface area contributed by atoms with Crippen LogP contribution in [0, 0.1) is 0 Å². The van der Waals surface area contributed by atoms with Crippen molar-refractivity contribution >= 4 is 0 Å². The molecule has 0 amide bonds. The van der Waals surface area contributed by atoms with Gasteiger partial charge in [-0.05, 0) is 42.4 Å². The van der Waals surface area contributed by atoms with Crippen molar-refractivity contribution < 1.29 is 9.26 Å². The van der Waals surface area contributed by atoms with Gasteiger partial charge in [0.2, 0.25) is 5.89 Å². The van der Waals surface area contributed by atoms with Crippen LogP contribution in [0.4, 0.5) is 0 Å². The summed E-state index contributed by atoms with van der Waals surface area (Å²) in [6.07, 6.45) is 5.73. The monoisotopic (exact) mass is 299 g/mol. The number of fused-ring (bicyclic) bond motifs is 1. The smallest absolute Gasteiger partial charge is 0.231 e. The standard InChI is InChI=1S/C17H21N3O2/c1-2-4-14-9-12(5-6-13(14)3-1)10-16-19-17(20-22-16)15-11-21-8-7-18-15/h5-6,9,15,18H,1-4,7-8,10-11H2/t15-/m1/s1. The summed E-state index contributed by atoms with van der Waals surface area (Å²) in [5.41, 5.74) is 4.25. The summed E-state index contributed by atoms with van der Waals surface area (Å²) in [6.45, 7) is 2.19. The number of ether oxygens (including phenoxy) is 1. The number of benzene rings is 1. The van der Waals surface area contributed by atoms with Crippen molar-refractivity contribution in [2.75, 3.05) is 19.8 Å². The first-order valence-corrected chi connectivity index (χ1v) is 8.13. The summed E-state index contributed by atoms with van der Waals surface area (Å²) < 4.78 is 10.9. The molecular formula is C17H21N3O2. The van der Waals surface area contributed by atoms with E-state index in [0.717, 1.165) is 13.2 Å². The third-order valence-electron chi connectivity index (χ3n) is 4.49. The third-order valence-corrected chi connectivity index (χ3v) is 4.49. The van der Waals surface area contributed by atoms with E-state index in [2.05, 4.69) is 33.7 Å². The zero-order chi connectivity index (χ0) is 14.8. The van der Waals surface area contributed by atoms with Crippen LogP contribution in [0.2, 0.25) is 0 Å². The summed E-state index contributed by atoms with van der Waals surface area (Å²) in [6, 6.07) is 6.81. The van der Waals surface area contributed by atoms with Crippen molar-refractivity contribution in [2.45, 2.75) is 38.1 Å². The fourth-order valence-corrected chi connectivity index (χ4v) is 3.28. The van der Waals surface area contributed by atoms with Gasteiger partial charge in [0.05, 0.1) is 25.7 Å². The van der Waals surface area contributed by atoms with E-state index in [0.29, 0.717) is 24.7 Å². The van der Waals surface area contributed by atoms with Crippen molar-refractivity contribution in [1.29, 1.82) is 0 Å². The molecule has 22 heavy (non-hydrogen) atoms. The van der Waals surface area contributed by atoms with Gasteiger partial charge in [-0.25, -0.2) is 0 Å². The first-order valence-electron chi connectivity index (χ1n) is 8.13. The molecule has 5 heteroatoms. The van der Waals surface area contributed by atoms with Gasteiger partial charge in [-0.15, -0.1) is 0 Å². The van der Waals surface area contributed by atoms with E-state index in [1.165, 1.54) is 42.4 Å². The van der Waals surface area contributed by atoms with Crippen LogP contribution in [0.1, 0.15) is 47.3 Å². The van der Waals surface area contributed by atoms with Crippen LogP contribution in [-0.4, -0.2) is 29.9 Å². The predicted octanol–water partition coefficient (Wildman–Crippen LogP) is 2.20. The molecule has 1 saturated heterocycles. The minimum atomic E-state index is 0.0507. The Hall–Kier alpha value is -1.72. The molecule has 0 unspecified atom stereocenters. The van der Waals surface area contributed by atoms with E-state index in [9.17, 15) is 0 Å². The Bertz CT molecular complexity index is 647. The molecule has 5 nitrogen and oxygen atoms in total. The molecule has 2 heterocycles. The third kappa shape index (κ3) is 2.91. The molecular weight excluding hydrogens is 278 g/mol. The zero-order valence-corrected chi connectivity index (χ0v) is 12.7. The van der Waals surface area contributed by atoms with Gasteiger partial charge in [-0.1, -0.05) is 23.4 Å². The molecule has 4 rings (SSSR count). The lowest BCUT2D eigenvalue weighted by Gasteiger charge is -2.20. The molecule has 1 atom stereocenters. The van der Waals surface area contributed by atoms with Crippen molar-refractivity contribution in [3.8, 4) is 0 Å². The van der Waals surface area contributed by atoms with Crippen LogP contribution in [-0.2, 0) is 24.0 Å². The number of rotatable bonds is 3. The minimum absolute atomic E-state index is 0.0507. The van der Waals surface area contributed by atoms with Crippen LogP contribution < -0.4 is 5.32 Å². The van der Waals surface area contributed by atoms with Gasteiger partial charge in [0.25, 0.3) is 0 Å². The van der Waals surface area contributed by atoms with Crippen LogP contribution in [0.5, 0.6) is 0 Å². The van der Waals surface area contributed by atoms with Crippen molar-refractivity contribution in [1.82, 2.24) is 15.5 Å². The largest absolute Gasteiger partial charge is 0.378 e. The Morgan fingerprint density at radius 3 is 2.95 bits per heavy atom. The number of hydrogen-bond donors (Lipinski definition) is 1. The Labute approximate surface area is 130 Å². The van der Waals surface area contributed by atoms with Crippen LogP contribution in [0.3, 0.4) is 0 Å². The van der Waals surface area contributed by atoms with Crippen molar-refractivity contribution in [3.05, 3.63) is 46.6 Å². The molecule has 1 aliphatic heterocycles. The van der Waals surface area contributed by atoms with E-state index < -0.39 is 0 Å². The topological polar surface area (TPSA) is 60.2 Å². The Balaban J connectivity index is 1.48. The maximum Gasteiger partial charge on any atom is 0.231 e. The van der Waals surface area contributed by atoms with Gasteiger partial charge in [0.15, 0.2) is 5.82 Å². The first-order chi connectivity index (χ1) is 10.9. The Kier molecular flexibility index (Phi) is 3.91. The fourth-order valence-electron chi connectivity index (χ4n) is 3.28. The number of nitrogens with zero attached hydrogens (tertiary/aromatic N) is 2. The van der Waals surface area contributed by atoms with Gasteiger partial charge in [0, 0.05) is 6.54 Å². The zero-order valence-electron chi connectivity index (χ0n) is 12.7. The molecule has 0 bridgehead atoms. The highest BCUT2D eigenvalue weighted by molar-refractivity contribution is 5.34. The Morgan fingerprint density at radius 1 is 1.18 bits per heavy atom. The van der Waals surface area contributed by atoms with Crippen LogP contribution in [0.15, 0.2) is 22.7 Å². The number of morpholine rings is 1. The maximum atomic E-state index is 5.44. The normalized spacial score (nSPS) is 21.5. The second kappa shape index (κ2) is 6.18. The van der Waals surface area contributed by atoms with Gasteiger partial charge in [-0.2, -0.15) is 4.98 Å². The van der Waals surface area contributed by atoms with Gasteiger partial charge in [-0.3, -0.25) is 0 Å². The lowest BCUT2D eigenvalue weighted by atomic mass is 9.90. The van der Waals surface area contributed by atoms with E-state index in [4.69, 9.17) is 9.26 Å². The maximum absolute atomic E-state index is 5.44. The first kappa shape index (κ1) is 13.9. The molecule has 2 aromatic rings. The number of hydrogen-bond acceptors (Lipinski definition) is 5. The summed E-state index contributed by atoms with van der Waals surface area (Å²) in [5.74, 6) is 1.38. The fraction of sp³-hybridized carbons (Fsp3) is 0.529. The van der Waals surface area contributed by atoms with Crippen LogP contribution >= 0.6 is 0 Å². The summed E-state index contributed by atoms with van der Waals surface area (Å²) in [4.78, 5) is 4.52. The second-order valence-electron chi connectivity index (χ2n) is 6.11. The molecule has 1 N–H and O–H groups in total. The van der Waals surface area contributed by atoms with Gasteiger partial charge < -0.3 is 14.6 Å². The summed E-state index contributed by atoms with van der Waals surface area (Å²) >= 11 is 0. The SMILES string of the molecule is c1cc2c(cc1Cc1nc([C@H]3COCCN3)no1)CCCC2. The van der Waals surface area contributed by atoms with Gasteiger partial charge >= 0.3 is 0 Å². The number of aryl methyl sites for hydroxylation is 2. The van der Waals surface area contributed by atoms with E-state index in [1.54, 1.807) is 0 Å². The minimum Gasteiger partial charge on any atom is -0.378 e. The molecule has 1 fully saturated rings. The number of nitrogens with one attached hydrogen (secondary N) is 1. The highest BCUT2D eigenvalue weighted by atomic mass is 16.5. The average molecular weight is 299 g/mol. The number of aromatic nitrogens is 2. The molecule has 0 saturated carbocycles. The highest BCUT2D eigenvalue weighted by Gasteiger charge is 2.21. The van der Waals surface area contributed by atoms with Crippen molar-refractivity contribution in [2.24, 2.45) is 0 Å². The summed E-state index contributed by atoms with van der Waals surface area (Å²) in [5, 5.41) is 7.44. The lowest BCUT2D eigenvalue weighted by molar-refractivity contribution is 0.0734. The quantitative estimate of drug-likeness (QED) is 0.941. The predicted molar refractivity (Wildman–Crippen MR) is 81.8 cm³/mol. The van der Waals surface area contributed by atoms with E-state index >= 15 is 0 Å². The lowest BCUT2D eigenvalue weighted by Crippen LogP contribution is -2.35. The highest BCUT2D eigenvalue weighted by Crippen LogP contribution is 2.23. The van der Waals surface area contributed by atoms with E-state index in [-0.39, 0.29) is 6.04 Å². The Morgan fingerprint density at radius 2 is 2.09 bits per heavy atom. The van der Waals surface area contributed by atoms with Crippen LogP contribution in [0.25, 0.3) is 0 Å². The average Bonchev–Trinajstić information content (AvgIpc) is 3.04. The second-order valence-corrected chi connectivity index (χ2v) is 6.11. The molecule has 1 aromatic carbocycles. The van der Waals surface area contributed by atoms with E-state index in [1.807, 2.05) is 0 Å². The van der Waals surface area contributed by atoms with Gasteiger partial charge in [0.1, 0.15) is 0 Å². The molecule has 2 aliphatic rings. The molecule has 0 spiro atoms. The molecule has 1 aliphatic carbocycles. The molecule has 116 valence electrons. The molecule has 0 radical (unpaired) electrons. The summed E-state index contributed by atoms with van der Waals surface area (Å²) in [7, 11) is 0.